The standard InChI is InChI=1S/C13H16N.3C4H9.Sn/c1-11-7-6-10-14(11)12(2)13-8-4-3-5-9-13;3*1-3-4-2;/h1,3-5,8-9,12H,6-7,10H2,2H3;3*1,3-4H2,2H3;. The minimum absolute atomic E-state index is 0.521. The molecule has 1 heterocycles. The zero-order valence-electron chi connectivity index (χ0n) is 18.5. The zero-order valence-corrected chi connectivity index (χ0v) is 21.3. The van der Waals surface area contributed by atoms with Crippen LogP contribution in [0.2, 0.25) is 13.3 Å². The summed E-state index contributed by atoms with van der Waals surface area (Å²) in [6, 6.07) is 11.7. The van der Waals surface area contributed by atoms with Crippen molar-refractivity contribution in [3.05, 3.63) is 45.7 Å². The molecule has 1 unspecified atom stereocenters. The second-order valence-corrected chi connectivity index (χ2v) is 21.6. The van der Waals surface area contributed by atoms with Crippen LogP contribution in [0, 0.1) is 0 Å². The Bertz CT molecular complexity index is 529. The molecule has 1 aromatic rings. The van der Waals surface area contributed by atoms with E-state index in [2.05, 4.69) is 67.0 Å². The molecule has 1 fully saturated rings. The van der Waals surface area contributed by atoms with Crippen molar-refractivity contribution in [2.75, 3.05) is 6.54 Å². The third-order valence-electron chi connectivity index (χ3n) is 6.51. The number of rotatable bonds is 12. The molecule has 0 saturated carbocycles. The third kappa shape index (κ3) is 6.83. The number of allylic oxidation sites excluding steroid dienone is 1. The van der Waals surface area contributed by atoms with Crippen molar-refractivity contribution in [2.45, 2.75) is 98.4 Å². The topological polar surface area (TPSA) is 3.24 Å². The van der Waals surface area contributed by atoms with Crippen LogP contribution in [0.25, 0.3) is 0 Å². The number of nitrogens with zero attached hydrogens (tertiary/aromatic N) is 1. The first kappa shape index (κ1) is 22.8. The summed E-state index contributed by atoms with van der Waals surface area (Å²) in [5.41, 5.74) is 3.20. The molecule has 27 heavy (non-hydrogen) atoms. The Morgan fingerprint density at radius 2 is 1.48 bits per heavy atom. The van der Waals surface area contributed by atoms with Gasteiger partial charge in [-0.25, -0.2) is 0 Å². The molecule has 0 amide bonds. The quantitative estimate of drug-likeness (QED) is 0.276. The van der Waals surface area contributed by atoms with Gasteiger partial charge in [-0.2, -0.15) is 0 Å². The fourth-order valence-corrected chi connectivity index (χ4v) is 20.1. The van der Waals surface area contributed by atoms with Crippen molar-refractivity contribution in [3.63, 3.8) is 0 Å². The average Bonchev–Trinajstić information content (AvgIpc) is 3.16. The molecule has 0 radical (unpaired) electrons. The summed E-state index contributed by atoms with van der Waals surface area (Å²) in [7, 11) is 0. The molecule has 1 aliphatic rings. The van der Waals surface area contributed by atoms with E-state index in [1.54, 1.807) is 19.0 Å². The van der Waals surface area contributed by atoms with E-state index >= 15 is 0 Å². The van der Waals surface area contributed by atoms with Gasteiger partial charge in [0.15, 0.2) is 0 Å². The average molecular weight is 476 g/mol. The Morgan fingerprint density at radius 3 is 2.00 bits per heavy atom. The van der Waals surface area contributed by atoms with E-state index in [9.17, 15) is 0 Å². The summed E-state index contributed by atoms with van der Waals surface area (Å²) < 4.78 is 7.73. The van der Waals surface area contributed by atoms with Crippen molar-refractivity contribution in [2.24, 2.45) is 0 Å². The van der Waals surface area contributed by atoms with Gasteiger partial charge in [0, 0.05) is 0 Å². The van der Waals surface area contributed by atoms with Crippen molar-refractivity contribution in [1.82, 2.24) is 4.90 Å². The van der Waals surface area contributed by atoms with Gasteiger partial charge in [0.25, 0.3) is 0 Å². The summed E-state index contributed by atoms with van der Waals surface area (Å²) in [5, 5.41) is 0. The van der Waals surface area contributed by atoms with Crippen molar-refractivity contribution >= 4 is 18.4 Å². The first-order valence-corrected chi connectivity index (χ1v) is 19.4. The molecule has 0 N–H and O–H groups in total. The normalized spacial score (nSPS) is 17.6. The van der Waals surface area contributed by atoms with Crippen LogP contribution in [0.1, 0.15) is 90.7 Å². The Hall–Kier alpha value is -0.441. The van der Waals surface area contributed by atoms with Gasteiger partial charge in [0.2, 0.25) is 0 Å². The van der Waals surface area contributed by atoms with Crippen molar-refractivity contribution in [3.8, 4) is 0 Å². The number of hydrogen-bond acceptors (Lipinski definition) is 1. The molecule has 0 aliphatic carbocycles. The molecular formula is C25H43NSn. The predicted molar refractivity (Wildman–Crippen MR) is 124 cm³/mol. The number of likely N-dealkylation sites (tertiary alicyclic amines) is 1. The van der Waals surface area contributed by atoms with Crippen LogP contribution in [-0.4, -0.2) is 29.8 Å². The number of hydrogen-bond donors (Lipinski definition) is 0. The Kier molecular flexibility index (Phi) is 10.3. The van der Waals surface area contributed by atoms with Crippen LogP contribution >= 0.6 is 0 Å². The summed E-state index contributed by atoms with van der Waals surface area (Å²) in [6.07, 6.45) is 11.1. The molecule has 2 rings (SSSR count). The summed E-state index contributed by atoms with van der Waals surface area (Å²) >= 11 is -2.21. The Labute approximate surface area is 173 Å². The van der Waals surface area contributed by atoms with Crippen LogP contribution in [0.3, 0.4) is 0 Å². The zero-order chi connectivity index (χ0) is 19.5. The molecule has 1 aromatic carbocycles. The predicted octanol–water partition coefficient (Wildman–Crippen LogP) is 8.12. The molecular weight excluding hydrogens is 433 g/mol. The molecule has 0 spiro atoms. The molecule has 1 saturated heterocycles. The van der Waals surface area contributed by atoms with Crippen LogP contribution in [0.4, 0.5) is 0 Å². The van der Waals surface area contributed by atoms with E-state index in [-0.39, 0.29) is 0 Å². The second-order valence-electron chi connectivity index (χ2n) is 8.69. The maximum absolute atomic E-state index is 2.97. The third-order valence-corrected chi connectivity index (χ3v) is 20.8. The Morgan fingerprint density at radius 1 is 0.926 bits per heavy atom. The van der Waals surface area contributed by atoms with E-state index < -0.39 is 18.4 Å². The first-order valence-electron chi connectivity index (χ1n) is 11.7. The number of benzene rings is 1. The molecule has 0 bridgehead atoms. The van der Waals surface area contributed by atoms with Gasteiger partial charge >= 0.3 is 174 Å². The van der Waals surface area contributed by atoms with Crippen LogP contribution < -0.4 is 0 Å². The fourth-order valence-electron chi connectivity index (χ4n) is 4.76. The van der Waals surface area contributed by atoms with Crippen LogP contribution in [-0.2, 0) is 0 Å². The van der Waals surface area contributed by atoms with Gasteiger partial charge in [-0.15, -0.1) is 0 Å². The van der Waals surface area contributed by atoms with E-state index in [0.717, 1.165) is 0 Å². The van der Waals surface area contributed by atoms with E-state index in [4.69, 9.17) is 0 Å². The van der Waals surface area contributed by atoms with E-state index in [1.807, 2.05) is 0 Å². The van der Waals surface area contributed by atoms with Gasteiger partial charge < -0.3 is 0 Å². The van der Waals surface area contributed by atoms with Crippen molar-refractivity contribution in [1.29, 1.82) is 0 Å². The van der Waals surface area contributed by atoms with Gasteiger partial charge in [-0.3, -0.25) is 0 Å². The van der Waals surface area contributed by atoms with E-state index in [1.165, 1.54) is 63.5 Å². The minimum atomic E-state index is -2.21. The summed E-state index contributed by atoms with van der Waals surface area (Å²) in [4.78, 5) is 2.75. The maximum atomic E-state index is 2.97. The van der Waals surface area contributed by atoms with Gasteiger partial charge in [-0.1, -0.05) is 0 Å². The van der Waals surface area contributed by atoms with Gasteiger partial charge in [0.1, 0.15) is 0 Å². The second kappa shape index (κ2) is 12.2. The van der Waals surface area contributed by atoms with Crippen LogP contribution in [0.15, 0.2) is 40.1 Å². The molecule has 2 heteroatoms. The molecule has 1 atom stereocenters. The first-order chi connectivity index (χ1) is 13.2. The summed E-state index contributed by atoms with van der Waals surface area (Å²) in [6.45, 7) is 10.8. The van der Waals surface area contributed by atoms with E-state index in [0.29, 0.717) is 6.04 Å². The van der Waals surface area contributed by atoms with Gasteiger partial charge in [-0.05, 0) is 0 Å². The van der Waals surface area contributed by atoms with Crippen molar-refractivity contribution < 1.29 is 0 Å². The monoisotopic (exact) mass is 477 g/mol. The SMILES string of the molecule is CCC[CH2][Sn](/[CH]=C1\CCCN1C(C)c1ccccc1)([CH2]CCC)[CH2]CCC. The van der Waals surface area contributed by atoms with Gasteiger partial charge in [0.05, 0.1) is 0 Å². The molecule has 0 aromatic heterocycles. The number of unbranched alkanes of at least 4 members (excludes halogenated alkanes) is 3. The summed E-state index contributed by atoms with van der Waals surface area (Å²) in [5.74, 6) is 0. The van der Waals surface area contributed by atoms with Crippen LogP contribution in [0.5, 0.6) is 0 Å². The molecule has 1 nitrogen and oxygen atoms in total. The fraction of sp³-hybridized carbons (Fsp3) is 0.680. The molecule has 1 aliphatic heterocycles. The molecule has 152 valence electrons. The Balaban J connectivity index is 2.27.